The lowest BCUT2D eigenvalue weighted by molar-refractivity contribution is -0.117. The number of hydrogen-bond acceptors (Lipinski definition) is 1. The third-order valence-corrected chi connectivity index (χ3v) is 2.39. The summed E-state index contributed by atoms with van der Waals surface area (Å²) in [5, 5.41) is 0. The highest BCUT2D eigenvalue weighted by Gasteiger charge is 2.21. The van der Waals surface area contributed by atoms with Gasteiger partial charge in [-0.25, -0.2) is 0 Å². The summed E-state index contributed by atoms with van der Waals surface area (Å²) < 4.78 is 0. The van der Waals surface area contributed by atoms with Gasteiger partial charge in [0.15, 0.2) is 0 Å². The van der Waals surface area contributed by atoms with Gasteiger partial charge < -0.3 is 4.90 Å². The van der Waals surface area contributed by atoms with E-state index in [1.54, 1.807) is 0 Å². The molecular weight excluding hydrogens is 162 g/mol. The van der Waals surface area contributed by atoms with Gasteiger partial charge in [0, 0.05) is 18.7 Å². The van der Waals surface area contributed by atoms with Gasteiger partial charge in [0.25, 0.3) is 0 Å². The average molecular weight is 175 g/mol. The Balaban J connectivity index is 2.29. The number of benzene rings is 1. The van der Waals surface area contributed by atoms with E-state index >= 15 is 0 Å². The molecule has 1 fully saturated rings. The Morgan fingerprint density at radius 1 is 1.38 bits per heavy atom. The van der Waals surface area contributed by atoms with Crippen molar-refractivity contribution in [1.82, 2.24) is 0 Å². The third kappa shape index (κ3) is 1.57. The largest absolute Gasteiger partial charge is 0.312 e. The molecule has 0 bridgehead atoms. The first-order valence-electron chi connectivity index (χ1n) is 4.64. The van der Waals surface area contributed by atoms with Crippen molar-refractivity contribution in [3.63, 3.8) is 0 Å². The molecule has 1 heterocycles. The predicted molar refractivity (Wildman–Crippen MR) is 52.8 cm³/mol. The standard InChI is InChI=1S/C11H13NO/c1-9-4-2-5-10(8-9)12-7-3-6-11(12)13/h2,4-5,8H,3,6-7H2,1H3. The van der Waals surface area contributed by atoms with E-state index in [-0.39, 0.29) is 5.91 Å². The van der Waals surface area contributed by atoms with Crippen molar-refractivity contribution >= 4 is 11.6 Å². The van der Waals surface area contributed by atoms with Gasteiger partial charge in [-0.3, -0.25) is 4.79 Å². The van der Waals surface area contributed by atoms with Crippen LogP contribution in [0, 0.1) is 6.92 Å². The number of rotatable bonds is 1. The minimum atomic E-state index is 0.255. The molecule has 1 amide bonds. The van der Waals surface area contributed by atoms with Crippen LogP contribution >= 0.6 is 0 Å². The van der Waals surface area contributed by atoms with Gasteiger partial charge in [-0.05, 0) is 31.0 Å². The molecule has 1 aliphatic heterocycles. The monoisotopic (exact) mass is 175 g/mol. The number of nitrogens with zero attached hydrogens (tertiary/aromatic N) is 1. The quantitative estimate of drug-likeness (QED) is 0.640. The lowest BCUT2D eigenvalue weighted by Gasteiger charge is -2.15. The van der Waals surface area contributed by atoms with Crippen molar-refractivity contribution < 1.29 is 4.79 Å². The Bertz CT molecular complexity index is 333. The summed E-state index contributed by atoms with van der Waals surface area (Å²) in [4.78, 5) is 13.3. The zero-order valence-corrected chi connectivity index (χ0v) is 7.79. The number of carbonyl (C=O) groups excluding carboxylic acids is 1. The second kappa shape index (κ2) is 3.21. The maximum atomic E-state index is 11.4. The molecule has 0 spiro atoms. The number of anilines is 1. The fourth-order valence-electron chi connectivity index (χ4n) is 1.72. The number of amides is 1. The highest BCUT2D eigenvalue weighted by atomic mass is 16.2. The number of aryl methyl sites for hydroxylation is 1. The molecule has 13 heavy (non-hydrogen) atoms. The molecule has 0 unspecified atom stereocenters. The van der Waals surface area contributed by atoms with Crippen LogP contribution < -0.4 is 4.90 Å². The molecule has 1 aliphatic rings. The van der Waals surface area contributed by atoms with Crippen LogP contribution in [0.1, 0.15) is 18.4 Å². The van der Waals surface area contributed by atoms with E-state index in [4.69, 9.17) is 0 Å². The van der Waals surface area contributed by atoms with Gasteiger partial charge in [0.1, 0.15) is 0 Å². The summed E-state index contributed by atoms with van der Waals surface area (Å²) in [6.07, 6.45) is 1.70. The summed E-state index contributed by atoms with van der Waals surface area (Å²) in [6, 6.07) is 8.10. The molecule has 2 rings (SSSR count). The molecule has 0 radical (unpaired) electrons. The molecule has 0 N–H and O–H groups in total. The van der Waals surface area contributed by atoms with E-state index in [1.165, 1.54) is 5.56 Å². The molecule has 68 valence electrons. The van der Waals surface area contributed by atoms with Crippen molar-refractivity contribution in [2.45, 2.75) is 19.8 Å². The van der Waals surface area contributed by atoms with Crippen molar-refractivity contribution in [3.8, 4) is 0 Å². The van der Waals surface area contributed by atoms with Gasteiger partial charge in [-0.15, -0.1) is 0 Å². The lowest BCUT2D eigenvalue weighted by Crippen LogP contribution is -2.23. The summed E-state index contributed by atoms with van der Waals surface area (Å²) in [7, 11) is 0. The van der Waals surface area contributed by atoms with Gasteiger partial charge in [-0.2, -0.15) is 0 Å². The summed E-state index contributed by atoms with van der Waals surface area (Å²) >= 11 is 0. The maximum Gasteiger partial charge on any atom is 0.227 e. The first kappa shape index (κ1) is 8.30. The Morgan fingerprint density at radius 2 is 2.23 bits per heavy atom. The van der Waals surface area contributed by atoms with E-state index in [9.17, 15) is 4.79 Å². The summed E-state index contributed by atoms with van der Waals surface area (Å²) in [6.45, 7) is 2.92. The van der Waals surface area contributed by atoms with Gasteiger partial charge in [0.2, 0.25) is 5.91 Å². The highest BCUT2D eigenvalue weighted by molar-refractivity contribution is 5.95. The molecule has 0 atom stereocenters. The summed E-state index contributed by atoms with van der Waals surface area (Å²) in [5.41, 5.74) is 2.25. The molecule has 2 nitrogen and oxygen atoms in total. The molecule has 1 aromatic rings. The second-order valence-electron chi connectivity index (χ2n) is 3.49. The normalized spacial score (nSPS) is 16.7. The van der Waals surface area contributed by atoms with Crippen LogP contribution in [-0.4, -0.2) is 12.5 Å². The van der Waals surface area contributed by atoms with E-state index in [1.807, 2.05) is 30.0 Å². The minimum Gasteiger partial charge on any atom is -0.312 e. The van der Waals surface area contributed by atoms with Crippen LogP contribution in [0.15, 0.2) is 24.3 Å². The van der Waals surface area contributed by atoms with Crippen molar-refractivity contribution in [2.24, 2.45) is 0 Å². The van der Waals surface area contributed by atoms with E-state index in [0.29, 0.717) is 6.42 Å². The molecule has 0 saturated carbocycles. The Kier molecular flexibility index (Phi) is 2.05. The van der Waals surface area contributed by atoms with Crippen LogP contribution in [-0.2, 0) is 4.79 Å². The van der Waals surface area contributed by atoms with Crippen LogP contribution in [0.5, 0.6) is 0 Å². The molecule has 0 aliphatic carbocycles. The van der Waals surface area contributed by atoms with E-state index in [0.717, 1.165) is 18.7 Å². The zero-order chi connectivity index (χ0) is 9.26. The van der Waals surface area contributed by atoms with Crippen molar-refractivity contribution in [1.29, 1.82) is 0 Å². The fraction of sp³-hybridized carbons (Fsp3) is 0.364. The SMILES string of the molecule is Cc1cccc(N2CCCC2=O)c1. The van der Waals surface area contributed by atoms with E-state index < -0.39 is 0 Å². The van der Waals surface area contributed by atoms with Gasteiger partial charge >= 0.3 is 0 Å². The number of hydrogen-bond donors (Lipinski definition) is 0. The van der Waals surface area contributed by atoms with Gasteiger partial charge in [-0.1, -0.05) is 12.1 Å². The van der Waals surface area contributed by atoms with Crippen molar-refractivity contribution in [3.05, 3.63) is 29.8 Å². The lowest BCUT2D eigenvalue weighted by atomic mass is 10.2. The number of carbonyl (C=O) groups is 1. The van der Waals surface area contributed by atoms with Crippen molar-refractivity contribution in [2.75, 3.05) is 11.4 Å². The Morgan fingerprint density at radius 3 is 2.85 bits per heavy atom. The van der Waals surface area contributed by atoms with Crippen LogP contribution in [0.25, 0.3) is 0 Å². The molecule has 0 aromatic heterocycles. The molecule has 1 aromatic carbocycles. The van der Waals surface area contributed by atoms with Crippen LogP contribution in [0.4, 0.5) is 5.69 Å². The highest BCUT2D eigenvalue weighted by Crippen LogP contribution is 2.21. The van der Waals surface area contributed by atoms with E-state index in [2.05, 4.69) is 6.07 Å². The first-order valence-corrected chi connectivity index (χ1v) is 4.64. The zero-order valence-electron chi connectivity index (χ0n) is 7.79. The second-order valence-corrected chi connectivity index (χ2v) is 3.49. The smallest absolute Gasteiger partial charge is 0.227 e. The van der Waals surface area contributed by atoms with Crippen LogP contribution in [0.3, 0.4) is 0 Å². The molecule has 1 saturated heterocycles. The summed E-state index contributed by atoms with van der Waals surface area (Å²) in [5.74, 6) is 0.255. The molecular formula is C11H13NO. The first-order chi connectivity index (χ1) is 6.27. The average Bonchev–Trinajstić information content (AvgIpc) is 2.51. The topological polar surface area (TPSA) is 20.3 Å². The fourth-order valence-corrected chi connectivity index (χ4v) is 1.72. The molecule has 2 heteroatoms. The predicted octanol–water partition coefficient (Wildman–Crippen LogP) is 2.12. The Hall–Kier alpha value is -1.31. The maximum absolute atomic E-state index is 11.4. The minimum absolute atomic E-state index is 0.255. The van der Waals surface area contributed by atoms with Gasteiger partial charge in [0.05, 0.1) is 0 Å². The van der Waals surface area contributed by atoms with Crippen LogP contribution in [0.2, 0.25) is 0 Å². The Labute approximate surface area is 78.2 Å². The third-order valence-electron chi connectivity index (χ3n) is 2.39.